The highest BCUT2D eigenvalue weighted by molar-refractivity contribution is 7.99. The predicted molar refractivity (Wildman–Crippen MR) is 72.9 cm³/mol. The Morgan fingerprint density at radius 1 is 1.53 bits per heavy atom. The maximum absolute atomic E-state index is 12.1. The number of aryl methyl sites for hydroxylation is 1. The van der Waals surface area contributed by atoms with Gasteiger partial charge >= 0.3 is 5.97 Å². The van der Waals surface area contributed by atoms with Gasteiger partial charge in [-0.05, 0) is 37.2 Å². The molecule has 0 spiro atoms. The Bertz CT molecular complexity index is 412. The number of rotatable bonds is 8. The number of hydrogen-bond donors (Lipinski definition) is 1. The smallest absolute Gasteiger partial charge is 0.326 e. The molecular formula is C11H21N5O2S. The molecule has 0 aliphatic carbocycles. The Morgan fingerprint density at radius 2 is 2.26 bits per heavy atom. The van der Waals surface area contributed by atoms with Crippen molar-refractivity contribution >= 4 is 17.7 Å². The van der Waals surface area contributed by atoms with Crippen molar-refractivity contribution in [2.24, 2.45) is 7.05 Å². The zero-order valence-electron chi connectivity index (χ0n) is 11.8. The lowest BCUT2D eigenvalue weighted by molar-refractivity contribution is -0.149. The molecule has 1 rings (SSSR count). The van der Waals surface area contributed by atoms with Crippen LogP contribution in [-0.4, -0.2) is 50.6 Å². The van der Waals surface area contributed by atoms with Crippen molar-refractivity contribution in [2.75, 3.05) is 18.9 Å². The van der Waals surface area contributed by atoms with Crippen LogP contribution >= 0.6 is 11.8 Å². The lowest BCUT2D eigenvalue weighted by Crippen LogP contribution is -2.53. The van der Waals surface area contributed by atoms with Crippen LogP contribution in [-0.2, 0) is 16.6 Å². The Kier molecular flexibility index (Phi) is 6.23. The predicted octanol–water partition coefficient (Wildman–Crippen LogP) is 0.624. The average Bonchev–Trinajstić information content (AvgIpc) is 2.80. The summed E-state index contributed by atoms with van der Waals surface area (Å²) < 4.78 is 6.71. The van der Waals surface area contributed by atoms with E-state index in [4.69, 9.17) is 4.74 Å². The highest BCUT2D eigenvalue weighted by atomic mass is 32.2. The molecule has 0 aromatic carbocycles. The topological polar surface area (TPSA) is 81.9 Å². The summed E-state index contributed by atoms with van der Waals surface area (Å²) in [4.78, 5) is 12.1. The largest absolute Gasteiger partial charge is 0.465 e. The minimum atomic E-state index is -0.733. The molecule has 1 atom stereocenters. The minimum Gasteiger partial charge on any atom is -0.465 e. The maximum atomic E-state index is 12.1. The van der Waals surface area contributed by atoms with Crippen LogP contribution in [0.3, 0.4) is 0 Å². The molecule has 7 nitrogen and oxygen atoms in total. The van der Waals surface area contributed by atoms with Gasteiger partial charge < -0.3 is 10.1 Å². The first-order valence-corrected chi connectivity index (χ1v) is 7.29. The zero-order valence-corrected chi connectivity index (χ0v) is 12.7. The van der Waals surface area contributed by atoms with Gasteiger partial charge in [0.1, 0.15) is 5.54 Å². The highest BCUT2D eigenvalue weighted by Gasteiger charge is 2.34. The van der Waals surface area contributed by atoms with Crippen LogP contribution in [0, 0.1) is 0 Å². The highest BCUT2D eigenvalue weighted by Crippen LogP contribution is 2.21. The molecule has 1 aromatic rings. The van der Waals surface area contributed by atoms with E-state index < -0.39 is 5.54 Å². The molecule has 108 valence electrons. The first-order chi connectivity index (χ1) is 9.03. The second-order valence-electron chi connectivity index (χ2n) is 4.35. The van der Waals surface area contributed by atoms with E-state index in [2.05, 4.69) is 27.8 Å². The number of thioether (sulfide) groups is 1. The molecule has 1 aromatic heterocycles. The van der Waals surface area contributed by atoms with Crippen LogP contribution in [0.1, 0.15) is 27.2 Å². The summed E-state index contributed by atoms with van der Waals surface area (Å²) in [6.07, 6.45) is 0.950. The number of tetrazole rings is 1. The summed E-state index contributed by atoms with van der Waals surface area (Å²) in [5, 5.41) is 15.1. The normalized spacial score (nSPS) is 14.1. The fraction of sp³-hybridized carbons (Fsp3) is 0.818. The summed E-state index contributed by atoms with van der Waals surface area (Å²) in [5.41, 5.74) is -0.733. The van der Waals surface area contributed by atoms with Crippen molar-refractivity contribution < 1.29 is 9.53 Å². The van der Waals surface area contributed by atoms with Gasteiger partial charge in [-0.25, -0.2) is 4.68 Å². The number of hydrogen-bond acceptors (Lipinski definition) is 7. The van der Waals surface area contributed by atoms with Crippen molar-refractivity contribution in [3.63, 3.8) is 0 Å². The van der Waals surface area contributed by atoms with Gasteiger partial charge in [-0.2, -0.15) is 0 Å². The zero-order chi connectivity index (χ0) is 14.3. The molecule has 0 aliphatic heterocycles. The van der Waals surface area contributed by atoms with Crippen LogP contribution in [0.25, 0.3) is 0 Å². The molecule has 1 N–H and O–H groups in total. The molecular weight excluding hydrogens is 266 g/mol. The Labute approximate surface area is 117 Å². The number of nitrogens with zero attached hydrogens (tertiary/aromatic N) is 4. The second-order valence-corrected chi connectivity index (χ2v) is 5.30. The van der Waals surface area contributed by atoms with Crippen molar-refractivity contribution in [3.8, 4) is 0 Å². The molecule has 8 heteroatoms. The van der Waals surface area contributed by atoms with Gasteiger partial charge in [0.25, 0.3) is 0 Å². The quantitative estimate of drug-likeness (QED) is 0.554. The Hall–Kier alpha value is -1.15. The van der Waals surface area contributed by atoms with Gasteiger partial charge in [0.2, 0.25) is 5.16 Å². The number of ether oxygens (including phenoxy) is 1. The Balaban J connectivity index is 2.68. The molecule has 0 fully saturated rings. The van der Waals surface area contributed by atoms with Crippen LogP contribution < -0.4 is 5.32 Å². The van der Waals surface area contributed by atoms with Crippen LogP contribution in [0.4, 0.5) is 0 Å². The van der Waals surface area contributed by atoms with E-state index in [1.807, 2.05) is 6.92 Å². The van der Waals surface area contributed by atoms with Crippen LogP contribution in [0.15, 0.2) is 5.16 Å². The van der Waals surface area contributed by atoms with E-state index in [0.717, 1.165) is 13.0 Å². The van der Waals surface area contributed by atoms with E-state index in [9.17, 15) is 4.79 Å². The summed E-state index contributed by atoms with van der Waals surface area (Å²) >= 11 is 1.43. The Morgan fingerprint density at radius 3 is 2.79 bits per heavy atom. The third-order valence-corrected chi connectivity index (χ3v) is 3.89. The number of aromatic nitrogens is 4. The summed E-state index contributed by atoms with van der Waals surface area (Å²) in [6.45, 7) is 6.83. The standard InChI is InChI=1S/C11H21N5O2S/c1-5-7-12-11(3,9(17)18-6-2)8-19-10-13-14-15-16(10)4/h12H,5-8H2,1-4H3. The molecule has 0 bridgehead atoms. The summed E-state index contributed by atoms with van der Waals surface area (Å²) in [5.74, 6) is 0.270. The molecule has 0 saturated heterocycles. The van der Waals surface area contributed by atoms with Crippen molar-refractivity contribution in [3.05, 3.63) is 0 Å². The van der Waals surface area contributed by atoms with Crippen molar-refractivity contribution in [1.82, 2.24) is 25.5 Å². The number of nitrogens with one attached hydrogen (secondary N) is 1. The molecule has 0 aliphatic rings. The van der Waals surface area contributed by atoms with E-state index in [0.29, 0.717) is 17.5 Å². The van der Waals surface area contributed by atoms with Gasteiger partial charge in [-0.15, -0.1) is 5.10 Å². The molecule has 1 unspecified atom stereocenters. The first-order valence-electron chi connectivity index (χ1n) is 6.31. The SMILES string of the molecule is CCCNC(C)(CSc1nnnn1C)C(=O)OCC. The average molecular weight is 287 g/mol. The fourth-order valence-electron chi connectivity index (χ4n) is 1.43. The van der Waals surface area contributed by atoms with Gasteiger partial charge in [0, 0.05) is 12.8 Å². The summed E-state index contributed by atoms with van der Waals surface area (Å²) in [6, 6.07) is 0. The monoisotopic (exact) mass is 287 g/mol. The number of carbonyl (C=O) groups is 1. The lowest BCUT2D eigenvalue weighted by Gasteiger charge is -2.27. The number of carbonyl (C=O) groups excluding carboxylic acids is 1. The van der Waals surface area contributed by atoms with E-state index in [-0.39, 0.29) is 5.97 Å². The summed E-state index contributed by atoms with van der Waals surface area (Å²) in [7, 11) is 1.77. The molecule has 0 radical (unpaired) electrons. The number of esters is 1. The molecule has 0 amide bonds. The third-order valence-electron chi connectivity index (χ3n) is 2.56. The van der Waals surface area contributed by atoms with Gasteiger partial charge in [-0.3, -0.25) is 4.79 Å². The van der Waals surface area contributed by atoms with Gasteiger partial charge in [0.15, 0.2) is 0 Å². The first kappa shape index (κ1) is 15.9. The molecule has 19 heavy (non-hydrogen) atoms. The van der Waals surface area contributed by atoms with Gasteiger partial charge in [-0.1, -0.05) is 18.7 Å². The lowest BCUT2D eigenvalue weighted by atomic mass is 10.1. The van der Waals surface area contributed by atoms with Crippen molar-refractivity contribution in [2.45, 2.75) is 37.9 Å². The van der Waals surface area contributed by atoms with E-state index >= 15 is 0 Å². The van der Waals surface area contributed by atoms with Crippen LogP contribution in [0.2, 0.25) is 0 Å². The maximum Gasteiger partial charge on any atom is 0.326 e. The van der Waals surface area contributed by atoms with Gasteiger partial charge in [0.05, 0.1) is 6.61 Å². The van der Waals surface area contributed by atoms with E-state index in [1.54, 1.807) is 18.7 Å². The van der Waals surface area contributed by atoms with E-state index in [1.165, 1.54) is 11.8 Å². The minimum absolute atomic E-state index is 0.244. The molecule has 0 saturated carbocycles. The third kappa shape index (κ3) is 4.46. The molecule has 1 heterocycles. The van der Waals surface area contributed by atoms with Crippen LogP contribution in [0.5, 0.6) is 0 Å². The second kappa shape index (κ2) is 7.44. The van der Waals surface area contributed by atoms with Crippen molar-refractivity contribution in [1.29, 1.82) is 0 Å². The fourth-order valence-corrected chi connectivity index (χ4v) is 2.38.